The molecule has 1 heteroatoms. The Hall–Kier alpha value is -0.300. The van der Waals surface area contributed by atoms with Crippen LogP contribution in [0, 0.1) is 5.92 Å². The summed E-state index contributed by atoms with van der Waals surface area (Å²) in [4.78, 5) is 0. The molecule has 0 amide bonds. The van der Waals surface area contributed by atoms with E-state index in [9.17, 15) is 0 Å². The second kappa shape index (κ2) is 2.53. The van der Waals surface area contributed by atoms with Crippen LogP contribution < -0.4 is 0 Å². The minimum absolute atomic E-state index is 0.0494. The molecule has 1 fully saturated rings. The quantitative estimate of drug-likeness (QED) is 0.530. The van der Waals surface area contributed by atoms with Crippen LogP contribution in [0.3, 0.4) is 0 Å². The second-order valence-electron chi connectivity index (χ2n) is 3.01. The molecule has 2 atom stereocenters. The van der Waals surface area contributed by atoms with Crippen molar-refractivity contribution in [2.75, 3.05) is 0 Å². The first-order valence-corrected chi connectivity index (χ1v) is 3.53. The molecule has 0 aromatic heterocycles. The molecule has 0 bridgehead atoms. The third-order valence-electron chi connectivity index (χ3n) is 2.10. The fraction of sp³-hybridized carbons (Fsp3) is 0.750. The Kier molecular flexibility index (Phi) is 1.91. The highest BCUT2D eigenvalue weighted by Crippen LogP contribution is 2.29. The topological polar surface area (TPSA) is 20.2 Å². The molecule has 52 valence electrons. The van der Waals surface area contributed by atoms with E-state index in [0.717, 1.165) is 19.3 Å². The molecule has 0 heterocycles. The summed E-state index contributed by atoms with van der Waals surface area (Å²) in [6, 6.07) is 0. The fourth-order valence-corrected chi connectivity index (χ4v) is 1.41. The summed E-state index contributed by atoms with van der Waals surface area (Å²) >= 11 is 0. The maximum Gasteiger partial charge on any atom is 0.0546 e. The van der Waals surface area contributed by atoms with Gasteiger partial charge >= 0.3 is 0 Å². The molecule has 9 heavy (non-hydrogen) atoms. The average Bonchev–Trinajstić information content (AvgIpc) is 2.14. The SMILES string of the molecule is C=C(C)C1CC[C@H](O)C1. The summed E-state index contributed by atoms with van der Waals surface area (Å²) < 4.78 is 0. The van der Waals surface area contributed by atoms with Gasteiger partial charge in [-0.25, -0.2) is 0 Å². The molecule has 1 saturated carbocycles. The molecule has 0 radical (unpaired) electrons. The molecule has 0 spiro atoms. The highest BCUT2D eigenvalue weighted by Gasteiger charge is 2.22. The first-order chi connectivity index (χ1) is 4.20. The van der Waals surface area contributed by atoms with Gasteiger partial charge in [0.25, 0.3) is 0 Å². The molecule has 0 aromatic carbocycles. The van der Waals surface area contributed by atoms with Crippen LogP contribution >= 0.6 is 0 Å². The zero-order valence-electron chi connectivity index (χ0n) is 5.93. The fourth-order valence-electron chi connectivity index (χ4n) is 1.41. The van der Waals surface area contributed by atoms with Crippen LogP contribution in [0.4, 0.5) is 0 Å². The van der Waals surface area contributed by atoms with Crippen molar-refractivity contribution in [2.24, 2.45) is 5.92 Å². The van der Waals surface area contributed by atoms with Crippen LogP contribution in [-0.2, 0) is 0 Å². The zero-order valence-corrected chi connectivity index (χ0v) is 5.93. The summed E-state index contributed by atoms with van der Waals surface area (Å²) in [6.45, 7) is 5.90. The van der Waals surface area contributed by atoms with E-state index in [4.69, 9.17) is 5.11 Å². The van der Waals surface area contributed by atoms with Crippen LogP contribution in [-0.4, -0.2) is 11.2 Å². The third kappa shape index (κ3) is 1.55. The molecular weight excluding hydrogens is 112 g/mol. The molecule has 1 aliphatic carbocycles. The third-order valence-corrected chi connectivity index (χ3v) is 2.10. The van der Waals surface area contributed by atoms with E-state index in [1.807, 2.05) is 6.92 Å². The van der Waals surface area contributed by atoms with Crippen molar-refractivity contribution in [2.45, 2.75) is 32.3 Å². The number of hydrogen-bond donors (Lipinski definition) is 1. The lowest BCUT2D eigenvalue weighted by Crippen LogP contribution is -2.00. The number of allylic oxidation sites excluding steroid dienone is 1. The lowest BCUT2D eigenvalue weighted by Gasteiger charge is -2.06. The summed E-state index contributed by atoms with van der Waals surface area (Å²) in [5.74, 6) is 0.597. The Morgan fingerprint density at radius 2 is 2.22 bits per heavy atom. The molecule has 0 aliphatic heterocycles. The maximum atomic E-state index is 9.11. The van der Waals surface area contributed by atoms with Crippen LogP contribution in [0.25, 0.3) is 0 Å². The number of aliphatic hydroxyl groups is 1. The standard InChI is InChI=1S/C8H14O/c1-6(2)7-3-4-8(9)5-7/h7-9H,1,3-5H2,2H3/t7?,8-/m0/s1. The van der Waals surface area contributed by atoms with Gasteiger partial charge < -0.3 is 5.11 Å². The van der Waals surface area contributed by atoms with Crippen molar-refractivity contribution in [3.05, 3.63) is 12.2 Å². The molecule has 1 N–H and O–H groups in total. The van der Waals surface area contributed by atoms with E-state index >= 15 is 0 Å². The lowest BCUT2D eigenvalue weighted by molar-refractivity contribution is 0.179. The number of rotatable bonds is 1. The van der Waals surface area contributed by atoms with Crippen LogP contribution in [0.2, 0.25) is 0 Å². The highest BCUT2D eigenvalue weighted by molar-refractivity contribution is 4.99. The van der Waals surface area contributed by atoms with Crippen molar-refractivity contribution in [3.63, 3.8) is 0 Å². The molecule has 1 unspecified atom stereocenters. The smallest absolute Gasteiger partial charge is 0.0546 e. The van der Waals surface area contributed by atoms with Crippen LogP contribution in [0.15, 0.2) is 12.2 Å². The van der Waals surface area contributed by atoms with E-state index in [1.54, 1.807) is 0 Å². The van der Waals surface area contributed by atoms with Crippen LogP contribution in [0.5, 0.6) is 0 Å². The second-order valence-corrected chi connectivity index (χ2v) is 3.01. The van der Waals surface area contributed by atoms with Crippen molar-refractivity contribution >= 4 is 0 Å². The summed E-state index contributed by atoms with van der Waals surface area (Å²) in [6.07, 6.45) is 3.00. The molecule has 0 aromatic rings. The monoisotopic (exact) mass is 126 g/mol. The Morgan fingerprint density at radius 1 is 1.56 bits per heavy atom. The zero-order chi connectivity index (χ0) is 6.85. The van der Waals surface area contributed by atoms with Crippen LogP contribution in [0.1, 0.15) is 26.2 Å². The van der Waals surface area contributed by atoms with Gasteiger partial charge in [0.1, 0.15) is 0 Å². The Labute approximate surface area is 56.4 Å². The predicted octanol–water partition coefficient (Wildman–Crippen LogP) is 1.72. The normalized spacial score (nSPS) is 34.9. The molecule has 0 saturated heterocycles. The molecular formula is C8H14O. The van der Waals surface area contributed by atoms with Crippen molar-refractivity contribution in [3.8, 4) is 0 Å². The first-order valence-electron chi connectivity index (χ1n) is 3.53. The van der Waals surface area contributed by atoms with E-state index in [-0.39, 0.29) is 6.10 Å². The van der Waals surface area contributed by atoms with Gasteiger partial charge in [0.2, 0.25) is 0 Å². The largest absolute Gasteiger partial charge is 0.393 e. The van der Waals surface area contributed by atoms with Gasteiger partial charge in [0, 0.05) is 0 Å². The van der Waals surface area contributed by atoms with Gasteiger partial charge in [-0.05, 0) is 32.1 Å². The maximum absolute atomic E-state index is 9.11. The van der Waals surface area contributed by atoms with E-state index in [2.05, 4.69) is 6.58 Å². The Balaban J connectivity index is 2.39. The summed E-state index contributed by atoms with van der Waals surface area (Å²) in [5, 5.41) is 9.11. The summed E-state index contributed by atoms with van der Waals surface area (Å²) in [7, 11) is 0. The van der Waals surface area contributed by atoms with Crippen molar-refractivity contribution in [1.29, 1.82) is 0 Å². The van der Waals surface area contributed by atoms with Gasteiger partial charge in [0.15, 0.2) is 0 Å². The molecule has 1 rings (SSSR count). The van der Waals surface area contributed by atoms with Gasteiger partial charge in [-0.15, -0.1) is 0 Å². The lowest BCUT2D eigenvalue weighted by atomic mass is 10.0. The Bertz CT molecular complexity index is 118. The predicted molar refractivity (Wildman–Crippen MR) is 38.2 cm³/mol. The molecule has 1 nitrogen and oxygen atoms in total. The average molecular weight is 126 g/mol. The van der Waals surface area contributed by atoms with Gasteiger partial charge in [0.05, 0.1) is 6.10 Å². The van der Waals surface area contributed by atoms with Crippen molar-refractivity contribution < 1.29 is 5.11 Å². The van der Waals surface area contributed by atoms with E-state index in [1.165, 1.54) is 5.57 Å². The highest BCUT2D eigenvalue weighted by atomic mass is 16.3. The molecule has 1 aliphatic rings. The first kappa shape index (κ1) is 6.81. The van der Waals surface area contributed by atoms with Gasteiger partial charge in [-0.1, -0.05) is 12.2 Å². The van der Waals surface area contributed by atoms with Crippen molar-refractivity contribution in [1.82, 2.24) is 0 Å². The Morgan fingerprint density at radius 3 is 2.44 bits per heavy atom. The minimum Gasteiger partial charge on any atom is -0.393 e. The number of hydrogen-bond acceptors (Lipinski definition) is 1. The summed E-state index contributed by atoms with van der Waals surface area (Å²) in [5.41, 5.74) is 1.23. The van der Waals surface area contributed by atoms with E-state index in [0.29, 0.717) is 5.92 Å². The minimum atomic E-state index is -0.0494. The van der Waals surface area contributed by atoms with Gasteiger partial charge in [-0.2, -0.15) is 0 Å². The van der Waals surface area contributed by atoms with E-state index < -0.39 is 0 Å². The van der Waals surface area contributed by atoms with Gasteiger partial charge in [-0.3, -0.25) is 0 Å². The number of aliphatic hydroxyl groups excluding tert-OH is 1.